The summed E-state index contributed by atoms with van der Waals surface area (Å²) in [5.74, 6) is 0.458. The van der Waals surface area contributed by atoms with Gasteiger partial charge in [0, 0.05) is 6.54 Å². The normalized spacial score (nSPS) is 20.0. The Bertz CT molecular complexity index is 612. The van der Waals surface area contributed by atoms with E-state index in [1.165, 1.54) is 4.90 Å². The minimum absolute atomic E-state index is 0.0130. The summed E-state index contributed by atoms with van der Waals surface area (Å²) in [7, 11) is 0. The van der Waals surface area contributed by atoms with Crippen LogP contribution in [0.2, 0.25) is 0 Å². The van der Waals surface area contributed by atoms with Gasteiger partial charge in [-0.3, -0.25) is 14.5 Å². The zero-order chi connectivity index (χ0) is 15.5. The predicted molar refractivity (Wildman–Crippen MR) is 83.8 cm³/mol. The largest absolute Gasteiger partial charge is 0.482 e. The number of fused-ring (bicyclic) bond motifs is 1. The summed E-state index contributed by atoms with van der Waals surface area (Å²) in [5.41, 5.74) is 0.672. The average molecular weight is 300 g/mol. The highest BCUT2D eigenvalue weighted by molar-refractivity contribution is 6.02. The van der Waals surface area contributed by atoms with Crippen LogP contribution < -0.4 is 9.64 Å². The van der Waals surface area contributed by atoms with Gasteiger partial charge in [-0.05, 0) is 18.6 Å². The Morgan fingerprint density at radius 1 is 1.36 bits per heavy atom. The molecule has 1 aromatic carbocycles. The van der Waals surface area contributed by atoms with Gasteiger partial charge in [-0.2, -0.15) is 0 Å². The first-order valence-corrected chi connectivity index (χ1v) is 7.69. The Kier molecular flexibility index (Phi) is 4.13. The Labute approximate surface area is 130 Å². The molecule has 0 radical (unpaired) electrons. The molecule has 5 heteroatoms. The number of para-hydroxylation sites is 2. The monoisotopic (exact) mass is 300 g/mol. The number of anilines is 1. The Morgan fingerprint density at radius 3 is 3.00 bits per heavy atom. The smallest absolute Gasteiger partial charge is 0.265 e. The number of ether oxygens (including phenoxy) is 1. The molecule has 1 aromatic rings. The van der Waals surface area contributed by atoms with Crippen molar-refractivity contribution in [3.63, 3.8) is 0 Å². The van der Waals surface area contributed by atoms with E-state index in [0.29, 0.717) is 18.0 Å². The molecular weight excluding hydrogens is 280 g/mol. The maximum absolute atomic E-state index is 12.6. The van der Waals surface area contributed by atoms with E-state index in [2.05, 4.69) is 13.0 Å². The molecule has 0 spiro atoms. The Balaban J connectivity index is 1.75. The summed E-state index contributed by atoms with van der Waals surface area (Å²) in [6, 6.07) is 7.48. The van der Waals surface area contributed by atoms with Gasteiger partial charge < -0.3 is 9.64 Å². The predicted octanol–water partition coefficient (Wildman–Crippen LogP) is 1.98. The summed E-state index contributed by atoms with van der Waals surface area (Å²) in [6.07, 6.45) is 6.08. The van der Waals surface area contributed by atoms with Gasteiger partial charge in [-0.1, -0.05) is 37.6 Å². The molecule has 2 aliphatic heterocycles. The molecule has 116 valence electrons. The molecule has 2 heterocycles. The number of nitrogens with zero attached hydrogens (tertiary/aromatic N) is 2. The van der Waals surface area contributed by atoms with E-state index in [1.807, 2.05) is 35.2 Å². The van der Waals surface area contributed by atoms with Crippen molar-refractivity contribution in [3.8, 4) is 5.75 Å². The molecular formula is C17H20N2O3. The third kappa shape index (κ3) is 2.71. The molecule has 1 unspecified atom stereocenters. The minimum Gasteiger partial charge on any atom is -0.482 e. The number of carbonyl (C=O) groups is 2. The zero-order valence-corrected chi connectivity index (χ0v) is 12.7. The Morgan fingerprint density at radius 2 is 2.18 bits per heavy atom. The SMILES string of the molecule is CCCC1C=CCN1C(=O)CN1C(=O)COc2ccccc21. The number of rotatable bonds is 4. The lowest BCUT2D eigenvalue weighted by atomic mass is 10.1. The second-order valence-corrected chi connectivity index (χ2v) is 5.57. The van der Waals surface area contributed by atoms with E-state index in [-0.39, 0.29) is 31.0 Å². The molecule has 0 N–H and O–H groups in total. The maximum atomic E-state index is 12.6. The van der Waals surface area contributed by atoms with Crippen LogP contribution in [0.3, 0.4) is 0 Å². The van der Waals surface area contributed by atoms with E-state index < -0.39 is 0 Å². The molecule has 5 nitrogen and oxygen atoms in total. The van der Waals surface area contributed by atoms with Crippen LogP contribution in [-0.2, 0) is 9.59 Å². The highest BCUT2D eigenvalue weighted by Crippen LogP contribution is 2.31. The summed E-state index contributed by atoms with van der Waals surface area (Å²) >= 11 is 0. The van der Waals surface area contributed by atoms with Gasteiger partial charge in [0.05, 0.1) is 11.7 Å². The third-order valence-corrected chi connectivity index (χ3v) is 4.07. The van der Waals surface area contributed by atoms with Gasteiger partial charge in [0.25, 0.3) is 5.91 Å². The van der Waals surface area contributed by atoms with Crippen molar-refractivity contribution in [2.24, 2.45) is 0 Å². The van der Waals surface area contributed by atoms with Gasteiger partial charge in [0.15, 0.2) is 6.61 Å². The van der Waals surface area contributed by atoms with Crippen LogP contribution in [0.25, 0.3) is 0 Å². The third-order valence-electron chi connectivity index (χ3n) is 4.07. The lowest BCUT2D eigenvalue weighted by Crippen LogP contribution is -2.47. The molecule has 3 rings (SSSR count). The number of carbonyl (C=O) groups excluding carboxylic acids is 2. The fraction of sp³-hybridized carbons (Fsp3) is 0.412. The molecule has 0 saturated carbocycles. The zero-order valence-electron chi connectivity index (χ0n) is 12.7. The second-order valence-electron chi connectivity index (χ2n) is 5.57. The van der Waals surface area contributed by atoms with E-state index in [4.69, 9.17) is 4.74 Å². The standard InChI is InChI=1S/C17H20N2O3/c1-2-6-13-7-5-10-18(13)16(20)11-19-14-8-3-4-9-15(14)22-12-17(19)21/h3-5,7-9,13H,2,6,10-12H2,1H3. The second kappa shape index (κ2) is 6.22. The quantitative estimate of drug-likeness (QED) is 0.799. The van der Waals surface area contributed by atoms with E-state index in [9.17, 15) is 9.59 Å². The van der Waals surface area contributed by atoms with Crippen molar-refractivity contribution < 1.29 is 14.3 Å². The molecule has 2 aliphatic rings. The first kappa shape index (κ1) is 14.6. The highest BCUT2D eigenvalue weighted by atomic mass is 16.5. The van der Waals surface area contributed by atoms with Crippen LogP contribution in [0.15, 0.2) is 36.4 Å². The fourth-order valence-corrected chi connectivity index (χ4v) is 2.96. The van der Waals surface area contributed by atoms with Crippen LogP contribution >= 0.6 is 0 Å². The lowest BCUT2D eigenvalue weighted by Gasteiger charge is -2.31. The van der Waals surface area contributed by atoms with Gasteiger partial charge in [0.2, 0.25) is 5.91 Å². The van der Waals surface area contributed by atoms with Crippen molar-refractivity contribution in [2.75, 3.05) is 24.6 Å². The summed E-state index contributed by atoms with van der Waals surface area (Å²) in [4.78, 5) is 28.1. The first-order chi connectivity index (χ1) is 10.7. The molecule has 22 heavy (non-hydrogen) atoms. The van der Waals surface area contributed by atoms with Crippen LogP contribution in [0.5, 0.6) is 5.75 Å². The molecule has 0 aromatic heterocycles. The van der Waals surface area contributed by atoms with Crippen molar-refractivity contribution >= 4 is 17.5 Å². The van der Waals surface area contributed by atoms with Gasteiger partial charge in [-0.15, -0.1) is 0 Å². The van der Waals surface area contributed by atoms with E-state index in [1.54, 1.807) is 0 Å². The van der Waals surface area contributed by atoms with Crippen molar-refractivity contribution in [1.29, 1.82) is 0 Å². The number of benzene rings is 1. The van der Waals surface area contributed by atoms with Crippen LogP contribution in [0.4, 0.5) is 5.69 Å². The molecule has 1 atom stereocenters. The fourth-order valence-electron chi connectivity index (χ4n) is 2.96. The van der Waals surface area contributed by atoms with E-state index in [0.717, 1.165) is 12.8 Å². The van der Waals surface area contributed by atoms with Crippen molar-refractivity contribution in [3.05, 3.63) is 36.4 Å². The molecule has 0 bridgehead atoms. The minimum atomic E-state index is -0.175. The summed E-state index contributed by atoms with van der Waals surface area (Å²) in [6.45, 7) is 2.79. The highest BCUT2D eigenvalue weighted by Gasteiger charge is 2.31. The first-order valence-electron chi connectivity index (χ1n) is 7.69. The summed E-state index contributed by atoms with van der Waals surface area (Å²) in [5, 5.41) is 0. The van der Waals surface area contributed by atoms with Crippen LogP contribution in [0, 0.1) is 0 Å². The van der Waals surface area contributed by atoms with E-state index >= 15 is 0 Å². The van der Waals surface area contributed by atoms with Gasteiger partial charge >= 0.3 is 0 Å². The van der Waals surface area contributed by atoms with Crippen molar-refractivity contribution in [1.82, 2.24) is 4.90 Å². The van der Waals surface area contributed by atoms with Gasteiger partial charge in [-0.25, -0.2) is 0 Å². The molecule has 2 amide bonds. The maximum Gasteiger partial charge on any atom is 0.265 e. The molecule has 0 fully saturated rings. The Hall–Kier alpha value is -2.30. The topological polar surface area (TPSA) is 49.9 Å². The van der Waals surface area contributed by atoms with Crippen LogP contribution in [0.1, 0.15) is 19.8 Å². The number of hydrogen-bond acceptors (Lipinski definition) is 3. The van der Waals surface area contributed by atoms with Gasteiger partial charge in [0.1, 0.15) is 12.3 Å². The average Bonchev–Trinajstić information content (AvgIpc) is 2.99. The summed E-state index contributed by atoms with van der Waals surface area (Å²) < 4.78 is 5.40. The van der Waals surface area contributed by atoms with Crippen LogP contribution in [-0.4, -0.2) is 42.5 Å². The van der Waals surface area contributed by atoms with Crippen molar-refractivity contribution in [2.45, 2.75) is 25.8 Å². The number of amides is 2. The molecule has 0 aliphatic carbocycles. The molecule has 0 saturated heterocycles. The lowest BCUT2D eigenvalue weighted by molar-refractivity contribution is -0.132. The number of hydrogen-bond donors (Lipinski definition) is 0.